The largest absolute Gasteiger partial charge is 0.370 e. The molecule has 1 aromatic carbocycles. The van der Waals surface area contributed by atoms with E-state index in [-0.39, 0.29) is 24.0 Å². The lowest BCUT2D eigenvalue weighted by atomic mass is 10.1. The number of morpholine rings is 1. The van der Waals surface area contributed by atoms with Crippen LogP contribution in [0.5, 0.6) is 0 Å². The second kappa shape index (κ2) is 6.89. The molecule has 2 amide bonds. The van der Waals surface area contributed by atoms with Gasteiger partial charge in [-0.25, -0.2) is 0 Å². The van der Waals surface area contributed by atoms with Crippen molar-refractivity contribution in [1.82, 2.24) is 9.80 Å². The van der Waals surface area contributed by atoms with Crippen molar-refractivity contribution < 1.29 is 14.3 Å². The van der Waals surface area contributed by atoms with Crippen molar-refractivity contribution in [1.29, 1.82) is 0 Å². The van der Waals surface area contributed by atoms with Gasteiger partial charge in [0.1, 0.15) is 12.1 Å². The Balaban J connectivity index is 1.69. The highest BCUT2D eigenvalue weighted by Crippen LogP contribution is 2.26. The van der Waals surface area contributed by atoms with Crippen molar-refractivity contribution in [2.75, 3.05) is 26.2 Å². The summed E-state index contributed by atoms with van der Waals surface area (Å²) in [6, 6.07) is 7.21. The molecule has 0 N–H and O–H groups in total. The summed E-state index contributed by atoms with van der Waals surface area (Å²) in [4.78, 5) is 28.0. The van der Waals surface area contributed by atoms with Gasteiger partial charge in [0.15, 0.2) is 0 Å². The molecule has 2 saturated heterocycles. The second-order valence-corrected chi connectivity index (χ2v) is 6.50. The van der Waals surface area contributed by atoms with Gasteiger partial charge in [0.25, 0.3) is 0 Å². The van der Waals surface area contributed by atoms with Crippen LogP contribution in [0.15, 0.2) is 24.3 Å². The maximum absolute atomic E-state index is 12.8. The van der Waals surface area contributed by atoms with Gasteiger partial charge in [-0.15, -0.1) is 0 Å². The molecule has 23 heavy (non-hydrogen) atoms. The predicted octanol–water partition coefficient (Wildman–Crippen LogP) is 2.25. The van der Waals surface area contributed by atoms with E-state index >= 15 is 0 Å². The first-order valence-corrected chi connectivity index (χ1v) is 8.37. The molecular formula is C17H21ClN2O3. The van der Waals surface area contributed by atoms with E-state index in [0.29, 0.717) is 31.3 Å². The number of nitrogens with zero attached hydrogens (tertiary/aromatic N) is 2. The molecule has 3 rings (SSSR count). The monoisotopic (exact) mass is 336 g/mol. The number of halogens is 1. The Hall–Kier alpha value is -1.59. The van der Waals surface area contributed by atoms with Gasteiger partial charge in [0.2, 0.25) is 11.8 Å². The van der Waals surface area contributed by atoms with Crippen LogP contribution < -0.4 is 0 Å². The van der Waals surface area contributed by atoms with E-state index in [9.17, 15) is 9.59 Å². The van der Waals surface area contributed by atoms with E-state index in [1.54, 1.807) is 4.90 Å². The van der Waals surface area contributed by atoms with E-state index < -0.39 is 0 Å². The summed E-state index contributed by atoms with van der Waals surface area (Å²) in [6.07, 6.45) is 1.50. The molecule has 0 radical (unpaired) electrons. The van der Waals surface area contributed by atoms with Gasteiger partial charge >= 0.3 is 0 Å². The van der Waals surface area contributed by atoms with E-state index in [0.717, 1.165) is 18.4 Å². The summed E-state index contributed by atoms with van der Waals surface area (Å²) in [5, 5.41) is 0.681. The van der Waals surface area contributed by atoms with Crippen LogP contribution in [-0.2, 0) is 14.3 Å². The molecular weight excluding hydrogens is 316 g/mol. The Bertz CT molecular complexity index is 590. The molecule has 0 unspecified atom stereocenters. The van der Waals surface area contributed by atoms with Crippen LogP contribution in [0, 0.1) is 0 Å². The quantitative estimate of drug-likeness (QED) is 0.832. The highest BCUT2D eigenvalue weighted by atomic mass is 35.5. The number of hydrogen-bond donors (Lipinski definition) is 0. The van der Waals surface area contributed by atoms with Gasteiger partial charge in [-0.3, -0.25) is 9.59 Å². The molecule has 1 aromatic rings. The molecule has 2 aliphatic heterocycles. The van der Waals surface area contributed by atoms with Gasteiger partial charge in [-0.05, 0) is 30.5 Å². The van der Waals surface area contributed by atoms with Gasteiger partial charge in [0, 0.05) is 25.0 Å². The summed E-state index contributed by atoms with van der Waals surface area (Å²) in [5.41, 5.74) is 1.02. The Kier molecular flexibility index (Phi) is 4.87. The van der Waals surface area contributed by atoms with Crippen LogP contribution in [0.1, 0.15) is 31.4 Å². The SMILES string of the molecule is CC(=O)N1CCC[C@@H]1C(=O)N1CCO[C@@H](c2ccc(Cl)cc2)C1. The summed E-state index contributed by atoms with van der Waals surface area (Å²) in [5.74, 6) is 0.0170. The third-order valence-electron chi connectivity index (χ3n) is 4.56. The smallest absolute Gasteiger partial charge is 0.245 e. The van der Waals surface area contributed by atoms with Crippen molar-refractivity contribution in [3.05, 3.63) is 34.9 Å². The van der Waals surface area contributed by atoms with Gasteiger partial charge < -0.3 is 14.5 Å². The van der Waals surface area contributed by atoms with E-state index in [2.05, 4.69) is 0 Å². The van der Waals surface area contributed by atoms with Crippen LogP contribution in [0.25, 0.3) is 0 Å². The minimum absolute atomic E-state index is 0.0247. The molecule has 5 nitrogen and oxygen atoms in total. The predicted molar refractivity (Wildman–Crippen MR) is 87.1 cm³/mol. The number of hydrogen-bond acceptors (Lipinski definition) is 3. The van der Waals surface area contributed by atoms with Crippen LogP contribution in [0.4, 0.5) is 0 Å². The number of rotatable bonds is 2. The molecule has 0 spiro atoms. The van der Waals surface area contributed by atoms with Crippen LogP contribution >= 0.6 is 11.6 Å². The lowest BCUT2D eigenvalue weighted by Gasteiger charge is -2.36. The van der Waals surface area contributed by atoms with Crippen LogP contribution in [0.2, 0.25) is 5.02 Å². The zero-order chi connectivity index (χ0) is 16.4. The average molecular weight is 337 g/mol. The fourth-order valence-electron chi connectivity index (χ4n) is 3.34. The third-order valence-corrected chi connectivity index (χ3v) is 4.81. The minimum atomic E-state index is -0.309. The van der Waals surface area contributed by atoms with E-state index in [4.69, 9.17) is 16.3 Å². The van der Waals surface area contributed by atoms with Gasteiger partial charge in [-0.2, -0.15) is 0 Å². The fourth-order valence-corrected chi connectivity index (χ4v) is 3.47. The standard InChI is InChI=1S/C17H21ClN2O3/c1-12(21)20-8-2-3-15(20)17(22)19-9-10-23-16(11-19)13-4-6-14(18)7-5-13/h4-7,15-16H,2-3,8-11H2,1H3/t15-,16-/m1/s1. The number of amides is 2. The molecule has 2 atom stereocenters. The number of ether oxygens (including phenoxy) is 1. The summed E-state index contributed by atoms with van der Waals surface area (Å²) in [7, 11) is 0. The summed E-state index contributed by atoms with van der Waals surface area (Å²) in [6.45, 7) is 3.80. The highest BCUT2D eigenvalue weighted by molar-refractivity contribution is 6.30. The Morgan fingerprint density at radius 2 is 1.96 bits per heavy atom. The van der Waals surface area contributed by atoms with E-state index in [1.807, 2.05) is 29.2 Å². The molecule has 6 heteroatoms. The van der Waals surface area contributed by atoms with Crippen molar-refractivity contribution >= 4 is 23.4 Å². The van der Waals surface area contributed by atoms with Crippen LogP contribution in [-0.4, -0.2) is 53.9 Å². The minimum Gasteiger partial charge on any atom is -0.370 e. The molecule has 0 aromatic heterocycles. The number of carbonyl (C=O) groups excluding carboxylic acids is 2. The Morgan fingerprint density at radius 3 is 2.65 bits per heavy atom. The number of likely N-dealkylation sites (tertiary alicyclic amines) is 1. The molecule has 0 bridgehead atoms. The zero-order valence-electron chi connectivity index (χ0n) is 13.2. The lowest BCUT2D eigenvalue weighted by molar-refractivity contribution is -0.148. The van der Waals surface area contributed by atoms with Gasteiger partial charge in [0.05, 0.1) is 13.2 Å². The Labute approximate surface area is 141 Å². The summed E-state index contributed by atoms with van der Waals surface area (Å²) >= 11 is 5.92. The van der Waals surface area contributed by atoms with Crippen molar-refractivity contribution in [2.24, 2.45) is 0 Å². The molecule has 0 aliphatic carbocycles. The normalized spacial score (nSPS) is 24.8. The fraction of sp³-hybridized carbons (Fsp3) is 0.529. The van der Waals surface area contributed by atoms with Crippen molar-refractivity contribution in [3.63, 3.8) is 0 Å². The number of benzene rings is 1. The summed E-state index contributed by atoms with van der Waals surface area (Å²) < 4.78 is 5.80. The first-order chi connectivity index (χ1) is 11.1. The van der Waals surface area contributed by atoms with Gasteiger partial charge in [-0.1, -0.05) is 23.7 Å². The molecule has 2 fully saturated rings. The van der Waals surface area contributed by atoms with Crippen molar-refractivity contribution in [2.45, 2.75) is 31.9 Å². The topological polar surface area (TPSA) is 49.9 Å². The first kappa shape index (κ1) is 16.3. The highest BCUT2D eigenvalue weighted by Gasteiger charge is 2.37. The molecule has 2 heterocycles. The molecule has 2 aliphatic rings. The third kappa shape index (κ3) is 3.51. The first-order valence-electron chi connectivity index (χ1n) is 7.99. The van der Waals surface area contributed by atoms with Crippen molar-refractivity contribution in [3.8, 4) is 0 Å². The zero-order valence-corrected chi connectivity index (χ0v) is 14.0. The lowest BCUT2D eigenvalue weighted by Crippen LogP contribution is -2.51. The maximum atomic E-state index is 12.8. The number of carbonyl (C=O) groups is 2. The van der Waals surface area contributed by atoms with E-state index in [1.165, 1.54) is 6.92 Å². The molecule has 124 valence electrons. The van der Waals surface area contributed by atoms with Crippen LogP contribution in [0.3, 0.4) is 0 Å². The average Bonchev–Trinajstić information content (AvgIpc) is 3.05. The molecule has 0 saturated carbocycles. The maximum Gasteiger partial charge on any atom is 0.245 e. The Morgan fingerprint density at radius 1 is 1.22 bits per heavy atom. The second-order valence-electron chi connectivity index (χ2n) is 6.07.